The highest BCUT2D eigenvalue weighted by Crippen LogP contribution is 2.22. The van der Waals surface area contributed by atoms with Crippen LogP contribution >= 0.6 is 0 Å². The SMILES string of the molecule is CNC(C)c1ccc(N2CCn3ccnc3C2)cc1. The Bertz CT molecular complexity index is 544. The molecule has 100 valence electrons. The summed E-state index contributed by atoms with van der Waals surface area (Å²) in [5.74, 6) is 1.15. The van der Waals surface area contributed by atoms with Gasteiger partial charge in [-0.15, -0.1) is 0 Å². The van der Waals surface area contributed by atoms with Gasteiger partial charge >= 0.3 is 0 Å². The molecule has 0 bridgehead atoms. The van der Waals surface area contributed by atoms with Crippen LogP contribution in [-0.2, 0) is 13.1 Å². The van der Waals surface area contributed by atoms with Gasteiger partial charge in [0.25, 0.3) is 0 Å². The first kappa shape index (κ1) is 12.2. The fourth-order valence-electron chi connectivity index (χ4n) is 2.53. The van der Waals surface area contributed by atoms with Gasteiger partial charge in [-0.25, -0.2) is 4.98 Å². The summed E-state index contributed by atoms with van der Waals surface area (Å²) in [6, 6.07) is 9.23. The lowest BCUT2D eigenvalue weighted by Crippen LogP contribution is -2.33. The molecule has 0 fully saturated rings. The van der Waals surface area contributed by atoms with Crippen LogP contribution in [0.1, 0.15) is 24.4 Å². The monoisotopic (exact) mass is 256 g/mol. The molecule has 2 aromatic rings. The van der Waals surface area contributed by atoms with E-state index >= 15 is 0 Å². The summed E-state index contributed by atoms with van der Waals surface area (Å²) in [7, 11) is 1.99. The summed E-state index contributed by atoms with van der Waals surface area (Å²) < 4.78 is 2.23. The van der Waals surface area contributed by atoms with Gasteiger partial charge in [-0.05, 0) is 31.7 Å². The Labute approximate surface area is 114 Å². The molecule has 1 atom stereocenters. The second kappa shape index (κ2) is 5.05. The van der Waals surface area contributed by atoms with Crippen LogP contribution in [-0.4, -0.2) is 23.1 Å². The van der Waals surface area contributed by atoms with Gasteiger partial charge in [-0.1, -0.05) is 12.1 Å². The standard InChI is InChI=1S/C15H20N4/c1-12(16-2)13-3-5-14(6-4-13)19-10-9-18-8-7-17-15(18)11-19/h3-8,12,16H,9-11H2,1-2H3. The number of aromatic nitrogens is 2. The van der Waals surface area contributed by atoms with E-state index in [1.165, 1.54) is 11.3 Å². The number of nitrogens with zero attached hydrogens (tertiary/aromatic N) is 3. The minimum atomic E-state index is 0.398. The molecule has 1 aliphatic rings. The van der Waals surface area contributed by atoms with E-state index in [1.807, 2.05) is 13.2 Å². The van der Waals surface area contributed by atoms with Gasteiger partial charge in [0, 0.05) is 37.2 Å². The topological polar surface area (TPSA) is 33.1 Å². The van der Waals surface area contributed by atoms with Crippen molar-refractivity contribution in [1.29, 1.82) is 0 Å². The van der Waals surface area contributed by atoms with E-state index in [2.05, 4.69) is 57.2 Å². The molecule has 0 amide bonds. The molecular formula is C15H20N4. The first-order chi connectivity index (χ1) is 9.28. The minimum Gasteiger partial charge on any atom is -0.362 e. The molecule has 0 saturated heterocycles. The van der Waals surface area contributed by atoms with E-state index in [9.17, 15) is 0 Å². The second-order valence-corrected chi connectivity index (χ2v) is 5.06. The number of fused-ring (bicyclic) bond motifs is 1. The summed E-state index contributed by atoms with van der Waals surface area (Å²) in [5.41, 5.74) is 2.60. The van der Waals surface area contributed by atoms with Crippen LogP contribution in [0.5, 0.6) is 0 Å². The Kier molecular flexibility index (Phi) is 3.25. The van der Waals surface area contributed by atoms with Crippen LogP contribution in [0.15, 0.2) is 36.7 Å². The predicted molar refractivity (Wildman–Crippen MR) is 77.2 cm³/mol. The van der Waals surface area contributed by atoms with Crippen molar-refractivity contribution in [2.24, 2.45) is 0 Å². The van der Waals surface area contributed by atoms with Gasteiger partial charge in [-0.2, -0.15) is 0 Å². The third kappa shape index (κ3) is 2.36. The molecule has 0 spiro atoms. The molecule has 1 unspecified atom stereocenters. The fraction of sp³-hybridized carbons (Fsp3) is 0.400. The third-order valence-corrected chi connectivity index (χ3v) is 3.94. The summed E-state index contributed by atoms with van der Waals surface area (Å²) in [4.78, 5) is 6.79. The van der Waals surface area contributed by atoms with E-state index in [0.717, 1.165) is 25.5 Å². The summed E-state index contributed by atoms with van der Waals surface area (Å²) in [6.07, 6.45) is 3.95. The van der Waals surface area contributed by atoms with Crippen molar-refractivity contribution in [2.45, 2.75) is 26.1 Å². The Hall–Kier alpha value is -1.81. The molecule has 2 heterocycles. The van der Waals surface area contributed by atoms with Crippen LogP contribution in [0.4, 0.5) is 5.69 Å². The highest BCUT2D eigenvalue weighted by Gasteiger charge is 2.16. The molecular weight excluding hydrogens is 236 g/mol. The number of rotatable bonds is 3. The number of nitrogens with one attached hydrogen (secondary N) is 1. The van der Waals surface area contributed by atoms with Gasteiger partial charge in [-0.3, -0.25) is 0 Å². The number of benzene rings is 1. The lowest BCUT2D eigenvalue weighted by molar-refractivity contribution is 0.560. The van der Waals surface area contributed by atoms with Crippen LogP contribution in [0.2, 0.25) is 0 Å². The Balaban J connectivity index is 1.77. The van der Waals surface area contributed by atoms with Crippen molar-refractivity contribution in [3.63, 3.8) is 0 Å². The number of imidazole rings is 1. The first-order valence-corrected chi connectivity index (χ1v) is 6.80. The quantitative estimate of drug-likeness (QED) is 0.913. The number of hydrogen-bond donors (Lipinski definition) is 1. The lowest BCUT2D eigenvalue weighted by Gasteiger charge is -2.29. The Morgan fingerprint density at radius 3 is 2.74 bits per heavy atom. The fourth-order valence-corrected chi connectivity index (χ4v) is 2.53. The zero-order chi connectivity index (χ0) is 13.2. The van der Waals surface area contributed by atoms with Crippen molar-refractivity contribution in [3.8, 4) is 0 Å². The van der Waals surface area contributed by atoms with Crippen molar-refractivity contribution in [3.05, 3.63) is 48.0 Å². The Morgan fingerprint density at radius 2 is 2.00 bits per heavy atom. The van der Waals surface area contributed by atoms with E-state index in [1.54, 1.807) is 0 Å². The van der Waals surface area contributed by atoms with Gasteiger partial charge < -0.3 is 14.8 Å². The smallest absolute Gasteiger partial charge is 0.128 e. The average Bonchev–Trinajstić information content (AvgIpc) is 2.94. The maximum Gasteiger partial charge on any atom is 0.128 e. The van der Waals surface area contributed by atoms with Crippen LogP contribution in [0, 0.1) is 0 Å². The van der Waals surface area contributed by atoms with Gasteiger partial charge in [0.15, 0.2) is 0 Å². The van der Waals surface area contributed by atoms with E-state index in [-0.39, 0.29) is 0 Å². The maximum atomic E-state index is 4.40. The normalized spacial score (nSPS) is 16.2. The second-order valence-electron chi connectivity index (χ2n) is 5.06. The van der Waals surface area contributed by atoms with Gasteiger partial charge in [0.1, 0.15) is 5.82 Å². The number of anilines is 1. The molecule has 0 saturated carbocycles. The van der Waals surface area contributed by atoms with Crippen LogP contribution in [0.25, 0.3) is 0 Å². The first-order valence-electron chi connectivity index (χ1n) is 6.80. The summed E-state index contributed by atoms with van der Waals surface area (Å²) in [5, 5.41) is 3.26. The van der Waals surface area contributed by atoms with Crippen molar-refractivity contribution in [2.75, 3.05) is 18.5 Å². The molecule has 19 heavy (non-hydrogen) atoms. The summed E-state index contributed by atoms with van der Waals surface area (Å²) in [6.45, 7) is 5.13. The molecule has 1 aliphatic heterocycles. The number of hydrogen-bond acceptors (Lipinski definition) is 3. The van der Waals surface area contributed by atoms with Crippen LogP contribution in [0.3, 0.4) is 0 Å². The molecule has 4 nitrogen and oxygen atoms in total. The van der Waals surface area contributed by atoms with Gasteiger partial charge in [0.05, 0.1) is 6.54 Å². The molecule has 0 aliphatic carbocycles. The lowest BCUT2D eigenvalue weighted by atomic mass is 10.1. The molecule has 1 aromatic heterocycles. The van der Waals surface area contributed by atoms with Crippen molar-refractivity contribution in [1.82, 2.24) is 14.9 Å². The summed E-state index contributed by atoms with van der Waals surface area (Å²) >= 11 is 0. The van der Waals surface area contributed by atoms with Gasteiger partial charge in [0.2, 0.25) is 0 Å². The molecule has 3 rings (SSSR count). The highest BCUT2D eigenvalue weighted by molar-refractivity contribution is 5.48. The third-order valence-electron chi connectivity index (χ3n) is 3.94. The molecule has 1 aromatic carbocycles. The van der Waals surface area contributed by atoms with E-state index < -0.39 is 0 Å². The molecule has 0 radical (unpaired) electrons. The minimum absolute atomic E-state index is 0.398. The maximum absolute atomic E-state index is 4.40. The van der Waals surface area contributed by atoms with Crippen molar-refractivity contribution >= 4 is 5.69 Å². The Morgan fingerprint density at radius 1 is 1.21 bits per heavy atom. The molecule has 1 N–H and O–H groups in total. The van der Waals surface area contributed by atoms with E-state index in [0.29, 0.717) is 6.04 Å². The average molecular weight is 256 g/mol. The van der Waals surface area contributed by atoms with Crippen LogP contribution < -0.4 is 10.2 Å². The molecule has 4 heteroatoms. The van der Waals surface area contributed by atoms with E-state index in [4.69, 9.17) is 0 Å². The zero-order valence-electron chi connectivity index (χ0n) is 11.5. The highest BCUT2D eigenvalue weighted by atomic mass is 15.2. The van der Waals surface area contributed by atoms with Crippen molar-refractivity contribution < 1.29 is 0 Å². The zero-order valence-corrected chi connectivity index (χ0v) is 11.5. The largest absolute Gasteiger partial charge is 0.362 e. The predicted octanol–water partition coefficient (Wildman–Crippen LogP) is 2.18.